The van der Waals surface area contributed by atoms with E-state index in [1.807, 2.05) is 183 Å². The lowest BCUT2D eigenvalue weighted by Gasteiger charge is -2.10. The molecule has 2 aromatic carbocycles. The minimum Gasteiger partial charge on any atom is -0.321 e. The Morgan fingerprint density at radius 3 is 1.30 bits per heavy atom. The number of aromatic nitrogens is 8. The van der Waals surface area contributed by atoms with Crippen LogP contribution in [-0.4, -0.2) is 50.5 Å². The number of carbonyl (C=O) groups excluding carboxylic acids is 2. The van der Waals surface area contributed by atoms with E-state index in [0.717, 1.165) is 78.6 Å². The van der Waals surface area contributed by atoms with Crippen LogP contribution in [0.4, 0.5) is 11.4 Å². The molecule has 324 valence electrons. The Hall–Kier alpha value is -8.64. The Labute approximate surface area is 382 Å². The lowest BCUT2D eigenvalue weighted by Crippen LogP contribution is -2.16. The highest BCUT2D eigenvalue weighted by Gasteiger charge is 2.17. The number of benzene rings is 2. The highest BCUT2D eigenvalue weighted by Crippen LogP contribution is 2.25. The fourth-order valence-corrected chi connectivity index (χ4v) is 7.75. The molecule has 0 radical (unpaired) electrons. The van der Waals surface area contributed by atoms with Crippen molar-refractivity contribution in [3.05, 3.63) is 227 Å². The smallest absolute Gasteiger partial charge is 0.274 e. The Morgan fingerprint density at radius 2 is 0.924 bits per heavy atom. The average Bonchev–Trinajstić information content (AvgIpc) is 3.98. The number of nitrogens with zero attached hydrogens (tertiary/aromatic N) is 8. The molecule has 66 heavy (non-hydrogen) atoms. The van der Waals surface area contributed by atoms with Crippen LogP contribution in [0.15, 0.2) is 171 Å². The number of carbonyl (C=O) groups is 2. The Balaban J connectivity index is 0.000000166. The molecule has 8 heterocycles. The predicted molar refractivity (Wildman–Crippen MR) is 259 cm³/mol. The highest BCUT2D eigenvalue weighted by molar-refractivity contribution is 6.04. The van der Waals surface area contributed by atoms with E-state index < -0.39 is 0 Å². The van der Waals surface area contributed by atoms with Gasteiger partial charge in [0.15, 0.2) is 0 Å². The summed E-state index contributed by atoms with van der Waals surface area (Å²) >= 11 is 0. The van der Waals surface area contributed by atoms with Gasteiger partial charge in [-0.2, -0.15) is 0 Å². The number of aryl methyl sites for hydroxylation is 4. The van der Waals surface area contributed by atoms with Gasteiger partial charge in [-0.1, -0.05) is 60.7 Å². The summed E-state index contributed by atoms with van der Waals surface area (Å²) in [5.41, 5.74) is 15.6. The van der Waals surface area contributed by atoms with E-state index in [-0.39, 0.29) is 11.8 Å². The lowest BCUT2D eigenvalue weighted by molar-refractivity contribution is 0.101. The molecule has 0 atom stereocenters. The summed E-state index contributed by atoms with van der Waals surface area (Å²) in [5.74, 6) is -0.478. The Bertz CT molecular complexity index is 3100. The standard InChI is InChI=1S/2C27H23N5O/c2*1-18-14-21(15-23-7-3-4-12-28-23)25(29-16-18)27(33)30-22-10-8-20(9-11-22)24-17-32-13-5-6-19(2)26(32)31-24/h2*3-14,16-17H,15H2,1-2H3,(H,30,33). The molecule has 0 aliphatic heterocycles. The fraction of sp³-hybridized carbons (Fsp3) is 0.111. The fourth-order valence-electron chi connectivity index (χ4n) is 7.75. The second-order valence-electron chi connectivity index (χ2n) is 16.2. The number of anilines is 2. The zero-order valence-electron chi connectivity index (χ0n) is 37.0. The number of imidazole rings is 2. The van der Waals surface area contributed by atoms with Gasteiger partial charge in [-0.15, -0.1) is 0 Å². The number of nitrogens with one attached hydrogen (secondary N) is 2. The summed E-state index contributed by atoms with van der Waals surface area (Å²) in [4.78, 5) is 53.1. The second kappa shape index (κ2) is 19.0. The van der Waals surface area contributed by atoms with Crippen molar-refractivity contribution in [2.45, 2.75) is 40.5 Å². The van der Waals surface area contributed by atoms with Gasteiger partial charge in [-0.05, 0) is 122 Å². The summed E-state index contributed by atoms with van der Waals surface area (Å²) in [5, 5.41) is 5.94. The van der Waals surface area contributed by atoms with Crippen LogP contribution in [0, 0.1) is 27.7 Å². The number of hydrogen-bond acceptors (Lipinski definition) is 8. The summed E-state index contributed by atoms with van der Waals surface area (Å²) < 4.78 is 4.04. The molecular weight excluding hydrogens is 821 g/mol. The molecule has 0 saturated heterocycles. The number of amides is 2. The first-order chi connectivity index (χ1) is 32.1. The Morgan fingerprint density at radius 1 is 0.500 bits per heavy atom. The first-order valence-corrected chi connectivity index (χ1v) is 21.6. The van der Waals surface area contributed by atoms with E-state index in [1.54, 1.807) is 24.8 Å². The van der Waals surface area contributed by atoms with E-state index in [1.165, 1.54) is 0 Å². The van der Waals surface area contributed by atoms with Crippen molar-refractivity contribution in [1.29, 1.82) is 0 Å². The lowest BCUT2D eigenvalue weighted by atomic mass is 10.0. The zero-order chi connectivity index (χ0) is 45.6. The maximum absolute atomic E-state index is 13.0. The van der Waals surface area contributed by atoms with Crippen LogP contribution in [0.25, 0.3) is 33.8 Å². The summed E-state index contributed by atoms with van der Waals surface area (Å²) in [7, 11) is 0. The van der Waals surface area contributed by atoms with Gasteiger partial charge in [0.1, 0.15) is 22.7 Å². The van der Waals surface area contributed by atoms with Gasteiger partial charge in [0.05, 0.1) is 11.4 Å². The molecule has 2 N–H and O–H groups in total. The van der Waals surface area contributed by atoms with E-state index in [4.69, 9.17) is 9.97 Å². The SMILES string of the molecule is Cc1cnc(C(=O)Nc2ccc(-c3cn4cccc(C)c4n3)cc2)c(Cc2ccccn2)c1.Cc1cnc(C(=O)Nc2ccc(-c3cn4cccc(C)c4n3)cc2)c(Cc2ccccn2)c1. The van der Waals surface area contributed by atoms with Crippen LogP contribution in [0.5, 0.6) is 0 Å². The highest BCUT2D eigenvalue weighted by atomic mass is 16.2. The van der Waals surface area contributed by atoms with E-state index in [2.05, 4.69) is 30.6 Å². The van der Waals surface area contributed by atoms with Crippen molar-refractivity contribution in [2.24, 2.45) is 0 Å². The summed E-state index contributed by atoms with van der Waals surface area (Å²) in [6.07, 6.45) is 16.0. The summed E-state index contributed by atoms with van der Waals surface area (Å²) in [6, 6.07) is 39.0. The normalized spacial score (nSPS) is 11.0. The van der Waals surface area contributed by atoms with Gasteiger partial charge >= 0.3 is 0 Å². The first-order valence-electron chi connectivity index (χ1n) is 21.6. The molecule has 0 spiro atoms. The molecule has 0 saturated carbocycles. The van der Waals surface area contributed by atoms with Crippen molar-refractivity contribution in [2.75, 3.05) is 10.6 Å². The Kier molecular flexibility index (Phi) is 12.3. The largest absolute Gasteiger partial charge is 0.321 e. The van der Waals surface area contributed by atoms with Crippen LogP contribution in [-0.2, 0) is 12.8 Å². The minimum absolute atomic E-state index is 0.239. The molecule has 12 nitrogen and oxygen atoms in total. The van der Waals surface area contributed by atoms with Crippen molar-refractivity contribution >= 4 is 34.5 Å². The van der Waals surface area contributed by atoms with Gasteiger partial charge in [-0.25, -0.2) is 9.97 Å². The summed E-state index contributed by atoms with van der Waals surface area (Å²) in [6.45, 7) is 8.03. The zero-order valence-corrected chi connectivity index (χ0v) is 37.0. The maximum Gasteiger partial charge on any atom is 0.274 e. The molecule has 12 heteroatoms. The molecule has 0 aliphatic carbocycles. The quantitative estimate of drug-likeness (QED) is 0.138. The molecule has 0 bridgehead atoms. The molecule has 2 amide bonds. The molecule has 0 unspecified atom stereocenters. The maximum atomic E-state index is 13.0. The third-order valence-electron chi connectivity index (χ3n) is 11.1. The number of fused-ring (bicyclic) bond motifs is 2. The number of rotatable bonds is 10. The molecule has 0 aliphatic rings. The molecule has 8 aromatic heterocycles. The van der Waals surface area contributed by atoms with Crippen LogP contribution >= 0.6 is 0 Å². The number of pyridine rings is 6. The van der Waals surface area contributed by atoms with Gasteiger partial charge in [0.2, 0.25) is 0 Å². The van der Waals surface area contributed by atoms with E-state index >= 15 is 0 Å². The van der Waals surface area contributed by atoms with E-state index in [9.17, 15) is 9.59 Å². The van der Waals surface area contributed by atoms with Gasteiger partial charge in [0.25, 0.3) is 11.8 Å². The molecule has 10 aromatic rings. The first kappa shape index (κ1) is 42.7. The van der Waals surface area contributed by atoms with Gasteiger partial charge < -0.3 is 19.4 Å². The third-order valence-corrected chi connectivity index (χ3v) is 11.1. The number of hydrogen-bond donors (Lipinski definition) is 2. The van der Waals surface area contributed by atoms with Crippen molar-refractivity contribution < 1.29 is 9.59 Å². The molecule has 10 rings (SSSR count). The van der Waals surface area contributed by atoms with Crippen molar-refractivity contribution in [3.8, 4) is 22.5 Å². The van der Waals surface area contributed by atoms with E-state index in [0.29, 0.717) is 35.6 Å². The van der Waals surface area contributed by atoms with Crippen molar-refractivity contribution in [3.63, 3.8) is 0 Å². The predicted octanol–water partition coefficient (Wildman–Crippen LogP) is 10.5. The van der Waals surface area contributed by atoms with Crippen molar-refractivity contribution in [1.82, 2.24) is 38.7 Å². The van der Waals surface area contributed by atoms with Crippen LogP contribution < -0.4 is 10.6 Å². The molecular formula is C54H46N10O2. The minimum atomic E-state index is -0.239. The van der Waals surface area contributed by atoms with Crippen LogP contribution in [0.2, 0.25) is 0 Å². The van der Waals surface area contributed by atoms with Crippen LogP contribution in [0.3, 0.4) is 0 Å². The van der Waals surface area contributed by atoms with Gasteiger partial charge in [0, 0.05) is 96.3 Å². The topological polar surface area (TPSA) is 144 Å². The second-order valence-corrected chi connectivity index (χ2v) is 16.2. The van der Waals surface area contributed by atoms with Gasteiger partial charge in [-0.3, -0.25) is 29.5 Å². The molecule has 0 fully saturated rings. The van der Waals surface area contributed by atoms with Crippen LogP contribution in [0.1, 0.15) is 65.7 Å². The third kappa shape index (κ3) is 9.78. The average molecular weight is 867 g/mol. The monoisotopic (exact) mass is 866 g/mol.